The van der Waals surface area contributed by atoms with E-state index in [2.05, 4.69) is 55.6 Å². The van der Waals surface area contributed by atoms with Gasteiger partial charge in [0.25, 0.3) is 0 Å². The van der Waals surface area contributed by atoms with Crippen molar-refractivity contribution in [3.63, 3.8) is 0 Å². The van der Waals surface area contributed by atoms with Gasteiger partial charge >= 0.3 is 5.97 Å². The van der Waals surface area contributed by atoms with Gasteiger partial charge in [0.1, 0.15) is 0 Å². The number of aliphatic hydroxyl groups excluding tert-OH is 2. The fraction of sp³-hybridized carbons (Fsp3) is 0.863. The van der Waals surface area contributed by atoms with Crippen LogP contribution in [-0.2, 0) is 14.3 Å². The molecule has 3 N–H and O–H groups in total. The summed E-state index contributed by atoms with van der Waals surface area (Å²) in [4.78, 5) is 24.6. The minimum atomic E-state index is -0.844. The van der Waals surface area contributed by atoms with Gasteiger partial charge < -0.3 is 20.3 Å². The Morgan fingerprint density at radius 2 is 0.633 bits per heavy atom. The zero-order valence-corrected chi connectivity index (χ0v) is 53.1. The number of amides is 1. The number of aliphatic hydroxyl groups is 2. The third kappa shape index (κ3) is 64.8. The maximum Gasteiger partial charge on any atom is 0.305 e. The minimum absolute atomic E-state index is 0.00339. The lowest BCUT2D eigenvalue weighted by molar-refractivity contribution is -0.143. The van der Waals surface area contributed by atoms with Gasteiger partial charge in [0.15, 0.2) is 0 Å². The predicted octanol–water partition coefficient (Wildman–Crippen LogP) is 22.9. The van der Waals surface area contributed by atoms with Gasteiger partial charge in [0, 0.05) is 12.8 Å². The predicted molar refractivity (Wildman–Crippen MR) is 347 cm³/mol. The third-order valence-electron chi connectivity index (χ3n) is 16.3. The van der Waals surface area contributed by atoms with Gasteiger partial charge in [-0.2, -0.15) is 0 Å². The maximum atomic E-state index is 12.5. The Hall–Kier alpha value is -2.18. The van der Waals surface area contributed by atoms with E-state index in [9.17, 15) is 19.8 Å². The highest BCUT2D eigenvalue weighted by Gasteiger charge is 2.18. The molecule has 0 aliphatic rings. The average Bonchev–Trinajstić information content (AvgIpc) is 3.45. The number of nitrogens with one attached hydrogen (secondary N) is 1. The fourth-order valence-corrected chi connectivity index (χ4v) is 10.9. The van der Waals surface area contributed by atoms with Crippen molar-refractivity contribution in [2.24, 2.45) is 0 Å². The van der Waals surface area contributed by atoms with Crippen molar-refractivity contribution < 1.29 is 24.5 Å². The number of carbonyl (C=O) groups is 2. The first-order chi connectivity index (χ1) is 39.0. The van der Waals surface area contributed by atoms with E-state index in [1.54, 1.807) is 6.08 Å². The summed E-state index contributed by atoms with van der Waals surface area (Å²) in [6.45, 7) is 4.90. The van der Waals surface area contributed by atoms with Crippen molar-refractivity contribution in [2.75, 3.05) is 13.2 Å². The van der Waals surface area contributed by atoms with Crippen molar-refractivity contribution in [3.8, 4) is 0 Å². The molecule has 0 saturated carbocycles. The molecule has 79 heavy (non-hydrogen) atoms. The lowest BCUT2D eigenvalue weighted by Crippen LogP contribution is -2.45. The van der Waals surface area contributed by atoms with Crippen LogP contribution in [0.4, 0.5) is 0 Å². The molecule has 0 aliphatic heterocycles. The van der Waals surface area contributed by atoms with E-state index in [4.69, 9.17) is 4.74 Å². The molecule has 1 amide bonds. The average molecular weight is 1110 g/mol. The third-order valence-corrected chi connectivity index (χ3v) is 16.3. The van der Waals surface area contributed by atoms with Gasteiger partial charge in [-0.05, 0) is 89.9 Å². The van der Waals surface area contributed by atoms with Gasteiger partial charge in [-0.25, -0.2) is 0 Å². The highest BCUT2D eigenvalue weighted by atomic mass is 16.5. The molecule has 2 atom stereocenters. The summed E-state index contributed by atoms with van der Waals surface area (Å²) < 4.78 is 5.49. The first-order valence-electron chi connectivity index (χ1n) is 35.4. The number of hydrogen-bond donors (Lipinski definition) is 3. The van der Waals surface area contributed by atoms with Gasteiger partial charge in [-0.15, -0.1) is 0 Å². The van der Waals surface area contributed by atoms with Gasteiger partial charge in [0.05, 0.1) is 25.4 Å². The molecule has 0 spiro atoms. The van der Waals surface area contributed by atoms with E-state index in [1.165, 1.54) is 302 Å². The molecule has 0 aromatic carbocycles. The molecule has 0 saturated heterocycles. The van der Waals surface area contributed by atoms with Crippen LogP contribution in [-0.4, -0.2) is 47.4 Å². The summed E-state index contributed by atoms with van der Waals surface area (Å²) >= 11 is 0. The summed E-state index contributed by atoms with van der Waals surface area (Å²) in [6, 6.07) is -0.627. The lowest BCUT2D eigenvalue weighted by atomic mass is 10.0. The Balaban J connectivity index is 3.39. The largest absolute Gasteiger partial charge is 0.466 e. The molecule has 6 nitrogen and oxygen atoms in total. The molecular formula is C73H137NO5. The SMILES string of the molecule is CCCCCC/C=C\C/C=C\CCCCCCCC(=O)OCCCCCCCCCCCCCC/C=C\CCCCCCCCCCCCCCCCC(=O)NC(CO)C(O)/C=C/CCCCCCCCCCCCCCCC. The number of hydrogen-bond acceptors (Lipinski definition) is 5. The van der Waals surface area contributed by atoms with E-state index >= 15 is 0 Å². The molecule has 6 heteroatoms. The van der Waals surface area contributed by atoms with E-state index in [-0.39, 0.29) is 18.5 Å². The van der Waals surface area contributed by atoms with Crippen molar-refractivity contribution >= 4 is 11.9 Å². The normalized spacial score (nSPS) is 12.8. The molecule has 0 heterocycles. The Morgan fingerprint density at radius 3 is 0.987 bits per heavy atom. The van der Waals surface area contributed by atoms with Crippen LogP contribution in [0.2, 0.25) is 0 Å². The van der Waals surface area contributed by atoms with Gasteiger partial charge in [-0.3, -0.25) is 9.59 Å². The lowest BCUT2D eigenvalue weighted by Gasteiger charge is -2.20. The zero-order valence-electron chi connectivity index (χ0n) is 53.1. The highest BCUT2D eigenvalue weighted by molar-refractivity contribution is 5.76. The smallest absolute Gasteiger partial charge is 0.305 e. The second-order valence-corrected chi connectivity index (χ2v) is 24.2. The number of carbonyl (C=O) groups excluding carboxylic acids is 2. The summed E-state index contributed by atoms with van der Waals surface area (Å²) in [5.41, 5.74) is 0. The van der Waals surface area contributed by atoms with E-state index in [1.807, 2.05) is 6.08 Å². The van der Waals surface area contributed by atoms with E-state index in [0.717, 1.165) is 51.4 Å². The second kappa shape index (κ2) is 68.3. The standard InChI is InChI=1S/C73H137NO5/c1-3-5-7-9-11-13-15-17-19-37-41-45-49-53-57-61-65-71(76)70(69-75)74-72(77)66-62-58-54-50-46-42-38-35-33-31-29-27-25-23-21-22-24-26-28-30-32-34-36-40-44-48-52-56-60-64-68-79-73(78)67-63-59-55-51-47-43-39-20-18-16-14-12-10-8-6-4-2/h14,16,20,22,24,39,61,65,70-71,75-76H,3-13,15,17-19,21,23,25-38,40-60,62-64,66-69H2,1-2H3,(H,74,77)/b16-14-,24-22-,39-20-,65-61+. The summed E-state index contributed by atoms with van der Waals surface area (Å²) in [6.07, 6.45) is 89.0. The van der Waals surface area contributed by atoms with Crippen LogP contribution >= 0.6 is 0 Å². The highest BCUT2D eigenvalue weighted by Crippen LogP contribution is 2.18. The van der Waals surface area contributed by atoms with Crippen LogP contribution in [0.15, 0.2) is 48.6 Å². The van der Waals surface area contributed by atoms with Crippen LogP contribution in [0, 0.1) is 0 Å². The number of esters is 1. The maximum absolute atomic E-state index is 12.5. The first-order valence-corrected chi connectivity index (χ1v) is 35.4. The summed E-state index contributed by atoms with van der Waals surface area (Å²) in [5, 5.41) is 23.2. The monoisotopic (exact) mass is 1110 g/mol. The molecule has 0 aromatic heterocycles. The van der Waals surface area contributed by atoms with Crippen LogP contribution in [0.1, 0.15) is 380 Å². The molecule has 464 valence electrons. The van der Waals surface area contributed by atoms with Crippen LogP contribution in [0.3, 0.4) is 0 Å². The van der Waals surface area contributed by atoms with E-state index < -0.39 is 12.1 Å². The number of rotatable bonds is 66. The Bertz CT molecular complexity index is 1320. The summed E-state index contributed by atoms with van der Waals surface area (Å²) in [5.74, 6) is -0.0611. The molecule has 0 aromatic rings. The van der Waals surface area contributed by atoms with E-state index in [0.29, 0.717) is 19.4 Å². The molecular weight excluding hydrogens is 971 g/mol. The topological polar surface area (TPSA) is 95.9 Å². The number of unbranched alkanes of at least 4 members (excludes halogenated alkanes) is 49. The van der Waals surface area contributed by atoms with Crippen LogP contribution in [0.25, 0.3) is 0 Å². The van der Waals surface area contributed by atoms with Crippen molar-refractivity contribution in [1.82, 2.24) is 5.32 Å². The van der Waals surface area contributed by atoms with Gasteiger partial charge in [-0.1, -0.05) is 326 Å². The van der Waals surface area contributed by atoms with Crippen molar-refractivity contribution in [3.05, 3.63) is 48.6 Å². The van der Waals surface area contributed by atoms with Gasteiger partial charge in [0.2, 0.25) is 5.91 Å². The molecule has 0 fully saturated rings. The fourth-order valence-electron chi connectivity index (χ4n) is 10.9. The zero-order chi connectivity index (χ0) is 57.1. The Labute approximate surface area is 493 Å². The Kier molecular flexibility index (Phi) is 66.4. The summed E-state index contributed by atoms with van der Waals surface area (Å²) in [7, 11) is 0. The minimum Gasteiger partial charge on any atom is -0.466 e. The van der Waals surface area contributed by atoms with Crippen LogP contribution in [0.5, 0.6) is 0 Å². The van der Waals surface area contributed by atoms with Crippen molar-refractivity contribution in [1.29, 1.82) is 0 Å². The number of ether oxygens (including phenoxy) is 1. The molecule has 0 rings (SSSR count). The van der Waals surface area contributed by atoms with Crippen LogP contribution < -0.4 is 5.32 Å². The van der Waals surface area contributed by atoms with Crippen molar-refractivity contribution in [2.45, 2.75) is 392 Å². The number of allylic oxidation sites excluding steroid dienone is 7. The molecule has 2 unspecified atom stereocenters. The first kappa shape index (κ1) is 76.8. The second-order valence-electron chi connectivity index (χ2n) is 24.2. The molecule has 0 bridgehead atoms. The molecule has 0 radical (unpaired) electrons. The molecule has 0 aliphatic carbocycles. The Morgan fingerprint density at radius 1 is 0.354 bits per heavy atom. The quantitative estimate of drug-likeness (QED) is 0.0320.